The smallest absolute Gasteiger partial charge is 0.115 e. The fourth-order valence-electron chi connectivity index (χ4n) is 2.19. The molecule has 104 valence electrons. The maximum Gasteiger partial charge on any atom is 0.115 e. The van der Waals surface area contributed by atoms with Gasteiger partial charge in [0.1, 0.15) is 24.4 Å². The van der Waals surface area contributed by atoms with Crippen LogP contribution in [0.15, 0.2) is 41.2 Å². The highest BCUT2D eigenvalue weighted by Crippen LogP contribution is 2.28. The molecule has 1 aliphatic carbocycles. The second kappa shape index (κ2) is 6.30. The molecule has 5 N–H and O–H groups in total. The molecule has 19 heavy (non-hydrogen) atoms. The Bertz CT molecular complexity index is 448. The first-order valence-electron chi connectivity index (χ1n) is 6.31. The summed E-state index contributed by atoms with van der Waals surface area (Å²) in [6.45, 7) is 0.0795. The molecule has 0 spiro atoms. The van der Waals surface area contributed by atoms with Crippen LogP contribution in [-0.4, -0.2) is 52.9 Å². The molecule has 2 rings (SSSR count). The van der Waals surface area contributed by atoms with Crippen LogP contribution in [0.1, 0.15) is 6.42 Å². The normalized spacial score (nSPS) is 39.2. The minimum atomic E-state index is -1.08. The van der Waals surface area contributed by atoms with Crippen molar-refractivity contribution in [3.05, 3.63) is 41.2 Å². The Labute approximate surface area is 112 Å². The summed E-state index contributed by atoms with van der Waals surface area (Å²) in [6, 6.07) is 0. The Hall–Kier alpha value is -1.20. The summed E-state index contributed by atoms with van der Waals surface area (Å²) in [7, 11) is 0. The van der Waals surface area contributed by atoms with E-state index in [1.54, 1.807) is 6.08 Å². The van der Waals surface area contributed by atoms with Crippen LogP contribution in [0.2, 0.25) is 0 Å². The van der Waals surface area contributed by atoms with Gasteiger partial charge in [0.2, 0.25) is 0 Å². The van der Waals surface area contributed by atoms with Crippen LogP contribution in [-0.2, 0) is 4.74 Å². The third-order valence-electron chi connectivity index (χ3n) is 3.35. The van der Waals surface area contributed by atoms with E-state index in [0.717, 1.165) is 11.1 Å². The van der Waals surface area contributed by atoms with Crippen molar-refractivity contribution in [3.63, 3.8) is 0 Å². The van der Waals surface area contributed by atoms with Gasteiger partial charge in [0.05, 0.1) is 6.61 Å². The van der Waals surface area contributed by atoms with Gasteiger partial charge in [0, 0.05) is 12.1 Å². The fraction of sp³-hybridized carbons (Fsp3) is 0.500. The number of rotatable bonds is 3. The molecule has 1 saturated heterocycles. The number of hydrogen-bond donors (Lipinski definition) is 4. The average molecular weight is 265 g/mol. The summed E-state index contributed by atoms with van der Waals surface area (Å²) in [5.74, 6) is 0. The molecular weight excluding hydrogens is 246 g/mol. The largest absolute Gasteiger partial charge is 0.394 e. The van der Waals surface area contributed by atoms with E-state index >= 15 is 0 Å². The van der Waals surface area contributed by atoms with Gasteiger partial charge in [-0.3, -0.25) is 0 Å². The summed E-state index contributed by atoms with van der Waals surface area (Å²) in [6.07, 6.45) is 4.50. The number of nitrogens with two attached hydrogens (primary N) is 1. The van der Waals surface area contributed by atoms with Crippen LogP contribution in [0.5, 0.6) is 0 Å². The molecule has 0 saturated carbocycles. The summed E-state index contributed by atoms with van der Waals surface area (Å²) < 4.78 is 5.49. The summed E-state index contributed by atoms with van der Waals surface area (Å²) in [5, 5.41) is 28.8. The van der Waals surface area contributed by atoms with Crippen molar-refractivity contribution in [2.75, 3.05) is 13.2 Å². The summed E-state index contributed by atoms with van der Waals surface area (Å²) >= 11 is 0. The third-order valence-corrected chi connectivity index (χ3v) is 3.35. The van der Waals surface area contributed by atoms with E-state index in [2.05, 4.69) is 5.73 Å². The molecule has 0 amide bonds. The molecule has 1 heterocycles. The fourth-order valence-corrected chi connectivity index (χ4v) is 2.19. The van der Waals surface area contributed by atoms with Crippen molar-refractivity contribution in [1.82, 2.24) is 0 Å². The van der Waals surface area contributed by atoms with Crippen molar-refractivity contribution in [3.8, 4) is 0 Å². The predicted molar refractivity (Wildman–Crippen MR) is 70.3 cm³/mol. The predicted octanol–water partition coefficient (Wildman–Crippen LogP) is -0.606. The molecule has 0 aromatic carbocycles. The lowest BCUT2D eigenvalue weighted by molar-refractivity contribution is -0.0141. The monoisotopic (exact) mass is 265 g/mol. The van der Waals surface area contributed by atoms with Gasteiger partial charge in [0.15, 0.2) is 0 Å². The highest BCUT2D eigenvalue weighted by Gasteiger charge is 2.43. The molecule has 5 heteroatoms. The number of aliphatic hydroxyl groups is 3. The first kappa shape index (κ1) is 14.2. The van der Waals surface area contributed by atoms with Crippen molar-refractivity contribution >= 4 is 0 Å². The molecular formula is C14H19NO4. The lowest BCUT2D eigenvalue weighted by Gasteiger charge is -2.16. The van der Waals surface area contributed by atoms with E-state index < -0.39 is 24.4 Å². The third kappa shape index (κ3) is 3.04. The Morgan fingerprint density at radius 3 is 2.79 bits per heavy atom. The van der Waals surface area contributed by atoms with E-state index in [-0.39, 0.29) is 6.61 Å². The zero-order chi connectivity index (χ0) is 13.8. The Balaban J connectivity index is 2.24. The maximum atomic E-state index is 9.97. The first-order chi connectivity index (χ1) is 9.17. The zero-order valence-corrected chi connectivity index (χ0v) is 10.6. The topological polar surface area (TPSA) is 95.9 Å². The zero-order valence-electron chi connectivity index (χ0n) is 10.6. The standard InChI is InChI=1S/C14H19NO4/c15-7-9-3-1-2-4-10(6-5-9)14-13(18)12(17)11(8-16)19-14/h1-3,5,11-14,16-18H,4,7-8,15H2/b2-1-,9-3+/t6?,11-,12?,13?,14+/m1/s1. The minimum absolute atomic E-state index is 0.324. The van der Waals surface area contributed by atoms with E-state index in [0.29, 0.717) is 13.0 Å². The highest BCUT2D eigenvalue weighted by molar-refractivity contribution is 5.30. The van der Waals surface area contributed by atoms with Gasteiger partial charge in [0.25, 0.3) is 0 Å². The van der Waals surface area contributed by atoms with E-state index in [1.807, 2.05) is 18.2 Å². The molecule has 5 nitrogen and oxygen atoms in total. The van der Waals surface area contributed by atoms with Gasteiger partial charge in [-0.2, -0.15) is 0 Å². The van der Waals surface area contributed by atoms with Crippen LogP contribution in [0, 0.1) is 0 Å². The van der Waals surface area contributed by atoms with Crippen molar-refractivity contribution in [2.24, 2.45) is 5.73 Å². The van der Waals surface area contributed by atoms with E-state index in [1.165, 1.54) is 0 Å². The van der Waals surface area contributed by atoms with Crippen LogP contribution in [0.25, 0.3) is 0 Å². The maximum absolute atomic E-state index is 9.97. The summed E-state index contributed by atoms with van der Waals surface area (Å²) in [4.78, 5) is 0. The van der Waals surface area contributed by atoms with E-state index in [4.69, 9.17) is 15.6 Å². The second-order valence-corrected chi connectivity index (χ2v) is 4.65. The number of allylic oxidation sites excluding steroid dienone is 3. The molecule has 4 atom stereocenters. The second-order valence-electron chi connectivity index (χ2n) is 4.65. The van der Waals surface area contributed by atoms with Gasteiger partial charge in [-0.1, -0.05) is 18.2 Å². The lowest BCUT2D eigenvalue weighted by Crippen LogP contribution is -2.34. The molecule has 0 bridgehead atoms. The quantitative estimate of drug-likeness (QED) is 0.511. The van der Waals surface area contributed by atoms with Crippen LogP contribution >= 0.6 is 0 Å². The molecule has 0 aromatic heterocycles. The number of hydrogen-bond acceptors (Lipinski definition) is 5. The van der Waals surface area contributed by atoms with Crippen molar-refractivity contribution in [2.45, 2.75) is 30.8 Å². The van der Waals surface area contributed by atoms with Gasteiger partial charge in [-0.05, 0) is 18.1 Å². The van der Waals surface area contributed by atoms with Gasteiger partial charge >= 0.3 is 0 Å². The van der Waals surface area contributed by atoms with Crippen LogP contribution < -0.4 is 5.73 Å². The van der Waals surface area contributed by atoms with E-state index in [9.17, 15) is 10.2 Å². The average Bonchev–Trinajstić information content (AvgIpc) is 2.67. The molecule has 2 unspecified atom stereocenters. The Kier molecular flexibility index (Phi) is 4.71. The molecule has 1 fully saturated rings. The summed E-state index contributed by atoms with van der Waals surface area (Å²) in [5.41, 5.74) is 10.3. The lowest BCUT2D eigenvalue weighted by atomic mass is 9.98. The van der Waals surface area contributed by atoms with Crippen LogP contribution in [0.4, 0.5) is 0 Å². The Morgan fingerprint density at radius 2 is 2.16 bits per heavy atom. The van der Waals surface area contributed by atoms with Gasteiger partial charge in [-0.25, -0.2) is 0 Å². The van der Waals surface area contributed by atoms with Gasteiger partial charge in [-0.15, -0.1) is 5.73 Å². The van der Waals surface area contributed by atoms with Crippen molar-refractivity contribution < 1.29 is 20.1 Å². The minimum Gasteiger partial charge on any atom is -0.394 e. The highest BCUT2D eigenvalue weighted by atomic mass is 16.6. The van der Waals surface area contributed by atoms with Crippen LogP contribution in [0.3, 0.4) is 0 Å². The molecule has 0 aromatic rings. The number of ether oxygens (including phenoxy) is 1. The van der Waals surface area contributed by atoms with Gasteiger partial charge < -0.3 is 25.8 Å². The molecule has 0 radical (unpaired) electrons. The molecule has 2 aliphatic rings. The Morgan fingerprint density at radius 1 is 1.37 bits per heavy atom. The first-order valence-corrected chi connectivity index (χ1v) is 6.31. The molecule has 1 aliphatic heterocycles. The van der Waals surface area contributed by atoms with Crippen molar-refractivity contribution in [1.29, 1.82) is 0 Å². The number of aliphatic hydroxyl groups excluding tert-OH is 3. The SMILES string of the molecule is NC/C1=C/C=C\CC([C@@H]2O[C@H](CO)C(O)C2O)=C=C1.